The topological polar surface area (TPSA) is 389 Å². The molecule has 6 heterocycles. The number of esters is 1. The number of fused-ring (bicyclic) bond motifs is 1. The van der Waals surface area contributed by atoms with E-state index >= 15 is 0 Å². The minimum absolute atomic E-state index is 0.0427. The van der Waals surface area contributed by atoms with Crippen molar-refractivity contribution in [2.45, 2.75) is 74.6 Å². The molecule has 2 aliphatic heterocycles. The van der Waals surface area contributed by atoms with E-state index in [0.29, 0.717) is 0 Å². The highest BCUT2D eigenvalue weighted by atomic mass is 31.2. The van der Waals surface area contributed by atoms with Gasteiger partial charge in [0.1, 0.15) is 54.0 Å². The first-order valence-electron chi connectivity index (χ1n) is 18.4. The summed E-state index contributed by atoms with van der Waals surface area (Å²) in [6.45, 7) is 0.696. The predicted octanol–water partition coefficient (Wildman–Crippen LogP) is -1.51. The number of nitrogens with one attached hydrogen (secondary N) is 1. The minimum Gasteiger partial charge on any atom is -0.455 e. The summed E-state index contributed by atoms with van der Waals surface area (Å²) in [5.41, 5.74) is 10.8. The highest BCUT2D eigenvalue weighted by molar-refractivity contribution is 7.47. The fourth-order valence-corrected chi connectivity index (χ4v) is 7.66. The Kier molecular flexibility index (Phi) is 15.1. The Morgan fingerprint density at radius 2 is 1.71 bits per heavy atom. The molecular weight excluding hydrogens is 889 g/mol. The van der Waals surface area contributed by atoms with Gasteiger partial charge < -0.3 is 60.6 Å². The van der Waals surface area contributed by atoms with Gasteiger partial charge in [-0.2, -0.15) is 4.98 Å². The fourth-order valence-electron chi connectivity index (χ4n) is 6.35. The Balaban J connectivity index is 1.23. The number of aliphatic hydroxyl groups is 2. The van der Waals surface area contributed by atoms with Crippen LogP contribution < -0.4 is 22.5 Å². The van der Waals surface area contributed by atoms with Crippen LogP contribution in [0.1, 0.15) is 30.9 Å². The molecule has 27 nitrogen and oxygen atoms in total. The zero-order valence-corrected chi connectivity index (χ0v) is 34.2. The number of nitrogen functional groups attached to an aromatic ring is 2. The van der Waals surface area contributed by atoms with Crippen molar-refractivity contribution < 1.29 is 80.5 Å². The molecule has 0 saturated carbocycles. The lowest BCUT2D eigenvalue weighted by Gasteiger charge is -2.26. The molecule has 0 aromatic carbocycles. The SMILES string of the molecule is C=CCCC(=O)N[C@@H](COCc1cncc(F)c1)C(=O)O[C@H]1[C@@H](O)[C@H](n2cnc3c(N)ncnc32)O[C@@H]1COP(=O)(O)O[C@H]1[C@@H](O)[C@H](n2ccc(N)nc2=O)O[C@@H]1COP(=O)(O)O. The van der Waals surface area contributed by atoms with Gasteiger partial charge in [0.2, 0.25) is 5.91 Å². The molecule has 2 fully saturated rings. The molecule has 0 radical (unpaired) electrons. The number of ether oxygens (including phenoxy) is 4. The number of allylic oxidation sites excluding steroid dienone is 1. The number of nitrogens with zero attached hydrogens (tertiary/aromatic N) is 7. The molecule has 2 saturated heterocycles. The number of halogens is 1. The maximum absolute atomic E-state index is 13.8. The molecule has 0 aliphatic carbocycles. The first-order chi connectivity index (χ1) is 29.8. The van der Waals surface area contributed by atoms with Gasteiger partial charge in [-0.05, 0) is 24.1 Å². The van der Waals surface area contributed by atoms with Crippen molar-refractivity contribution in [1.29, 1.82) is 0 Å². The molecule has 30 heteroatoms. The average molecular weight is 931 g/mol. The summed E-state index contributed by atoms with van der Waals surface area (Å²) in [5, 5.41) is 25.3. The quantitative estimate of drug-likeness (QED) is 0.0284. The highest BCUT2D eigenvalue weighted by Gasteiger charge is 2.52. The largest absolute Gasteiger partial charge is 0.472 e. The zero-order valence-electron chi connectivity index (χ0n) is 32.5. The van der Waals surface area contributed by atoms with Crippen molar-refractivity contribution in [2.24, 2.45) is 0 Å². The van der Waals surface area contributed by atoms with Gasteiger partial charge in [-0.25, -0.2) is 38.1 Å². The molecule has 4 aromatic heterocycles. The van der Waals surface area contributed by atoms with Gasteiger partial charge in [0, 0.05) is 18.8 Å². The molecule has 10 N–H and O–H groups in total. The van der Waals surface area contributed by atoms with Crippen LogP contribution in [0.25, 0.3) is 11.2 Å². The van der Waals surface area contributed by atoms with E-state index in [9.17, 15) is 52.8 Å². The number of rotatable bonds is 20. The van der Waals surface area contributed by atoms with E-state index < -0.39 is 114 Å². The van der Waals surface area contributed by atoms with Crippen molar-refractivity contribution in [1.82, 2.24) is 39.4 Å². The molecule has 0 bridgehead atoms. The molecule has 6 rings (SSSR count). The Morgan fingerprint density at radius 1 is 1.02 bits per heavy atom. The molecule has 342 valence electrons. The maximum atomic E-state index is 13.8. The van der Waals surface area contributed by atoms with E-state index in [1.807, 2.05) is 0 Å². The van der Waals surface area contributed by atoms with Crippen molar-refractivity contribution >= 4 is 50.3 Å². The Labute approximate surface area is 353 Å². The van der Waals surface area contributed by atoms with Crippen molar-refractivity contribution in [3.05, 3.63) is 77.9 Å². The number of anilines is 2. The fraction of sp³-hybridized carbons (Fsp3) is 0.455. The summed E-state index contributed by atoms with van der Waals surface area (Å²) in [6, 6.07) is 0.735. The maximum Gasteiger partial charge on any atom is 0.472 e. The summed E-state index contributed by atoms with van der Waals surface area (Å²) in [5.74, 6) is -2.72. The van der Waals surface area contributed by atoms with Gasteiger partial charge in [-0.1, -0.05) is 6.08 Å². The lowest BCUT2D eigenvalue weighted by atomic mass is 10.1. The van der Waals surface area contributed by atoms with Crippen LogP contribution in [-0.4, -0.2) is 133 Å². The van der Waals surface area contributed by atoms with Crippen LogP contribution in [0.15, 0.2) is 60.8 Å². The van der Waals surface area contributed by atoms with Crippen LogP contribution in [0.3, 0.4) is 0 Å². The second-order valence-electron chi connectivity index (χ2n) is 13.7. The number of phosphoric acid groups is 2. The third-order valence-electron chi connectivity index (χ3n) is 9.23. The number of hydrogen-bond donors (Lipinski definition) is 8. The molecular formula is C33H41FN10O17P2. The normalized spacial score (nSPS) is 25.1. The first-order valence-corrected chi connectivity index (χ1v) is 21.4. The van der Waals surface area contributed by atoms with Gasteiger partial charge in [-0.3, -0.25) is 32.5 Å². The second-order valence-corrected chi connectivity index (χ2v) is 16.4. The van der Waals surface area contributed by atoms with E-state index in [1.165, 1.54) is 23.2 Å². The van der Waals surface area contributed by atoms with E-state index in [4.69, 9.17) is 39.5 Å². The molecule has 1 unspecified atom stereocenters. The Hall–Kier alpha value is -5.19. The molecule has 0 spiro atoms. The molecule has 63 heavy (non-hydrogen) atoms. The van der Waals surface area contributed by atoms with E-state index in [1.54, 1.807) is 0 Å². The number of aliphatic hydroxyl groups excluding tert-OH is 2. The first kappa shape index (κ1) is 47.3. The molecule has 4 aromatic rings. The smallest absolute Gasteiger partial charge is 0.455 e. The summed E-state index contributed by atoms with van der Waals surface area (Å²) in [7, 11) is -10.7. The van der Waals surface area contributed by atoms with Crippen LogP contribution in [0, 0.1) is 5.82 Å². The minimum atomic E-state index is -5.46. The monoisotopic (exact) mass is 930 g/mol. The third-order valence-corrected chi connectivity index (χ3v) is 10.7. The molecule has 2 aliphatic rings. The van der Waals surface area contributed by atoms with E-state index in [2.05, 4.69) is 41.3 Å². The number of nitrogens with two attached hydrogens (primary N) is 2. The van der Waals surface area contributed by atoms with E-state index in [0.717, 1.165) is 35.4 Å². The standard InChI is InChI=1S/C33H41FN10O17P2/c1-2-3-4-22(45)41-18(11-55-10-16-7-17(34)9-37-8-16)32(48)60-26-19(58-31(24(26)46)44-15-40-23-28(36)38-14-39-29(23)44)13-57-63(53,54)61-27-20(12-56-62(50,51)52)59-30(25(27)47)43-6-5-21(35)42-33(43)49/h2,5-9,14-15,18-20,24-27,30-31,46-47H,1,3-4,10-13H2,(H,41,45)(H,53,54)(H2,35,42,49)(H2,36,38,39)(H2,50,51,52)/t18-,19+,20+,24+,25+,26+,27+,30+,31+/m0/s1. The van der Waals surface area contributed by atoms with Crippen molar-refractivity contribution in [3.63, 3.8) is 0 Å². The number of pyridine rings is 1. The van der Waals surface area contributed by atoms with E-state index in [-0.39, 0.29) is 47.8 Å². The lowest BCUT2D eigenvalue weighted by molar-refractivity contribution is -0.162. The van der Waals surface area contributed by atoms with Gasteiger partial charge in [0.05, 0.1) is 39.0 Å². The van der Waals surface area contributed by atoms with Gasteiger partial charge in [0.15, 0.2) is 36.1 Å². The summed E-state index contributed by atoms with van der Waals surface area (Å²) in [6.07, 6.45) is -7.05. The van der Waals surface area contributed by atoms with Gasteiger partial charge in [-0.15, -0.1) is 6.58 Å². The number of aromatic nitrogens is 7. The Bertz CT molecular complexity index is 2440. The van der Waals surface area contributed by atoms with Crippen molar-refractivity contribution in [2.75, 3.05) is 31.3 Å². The van der Waals surface area contributed by atoms with Crippen LogP contribution in [0.2, 0.25) is 0 Å². The van der Waals surface area contributed by atoms with Crippen LogP contribution in [0.4, 0.5) is 16.0 Å². The van der Waals surface area contributed by atoms with Gasteiger partial charge in [0.25, 0.3) is 0 Å². The second kappa shape index (κ2) is 20.1. The van der Waals surface area contributed by atoms with Crippen LogP contribution in [-0.2, 0) is 57.8 Å². The number of phosphoric ester groups is 2. The lowest BCUT2D eigenvalue weighted by Crippen LogP contribution is -2.48. The van der Waals surface area contributed by atoms with Crippen LogP contribution in [0.5, 0.6) is 0 Å². The molecule has 10 atom stereocenters. The zero-order chi connectivity index (χ0) is 45.6. The number of carbonyl (C=O) groups is 2. The third kappa shape index (κ3) is 11.9. The summed E-state index contributed by atoms with van der Waals surface area (Å²) >= 11 is 0. The predicted molar refractivity (Wildman–Crippen MR) is 206 cm³/mol. The van der Waals surface area contributed by atoms with Crippen LogP contribution >= 0.6 is 15.6 Å². The Morgan fingerprint density at radius 3 is 2.41 bits per heavy atom. The summed E-state index contributed by atoms with van der Waals surface area (Å²) in [4.78, 5) is 88.0. The number of amides is 1. The molecule has 1 amide bonds. The van der Waals surface area contributed by atoms with Crippen molar-refractivity contribution in [3.8, 4) is 0 Å². The van der Waals surface area contributed by atoms with Gasteiger partial charge >= 0.3 is 27.3 Å². The average Bonchev–Trinajstić information content (AvgIpc) is 3.88. The number of carbonyl (C=O) groups excluding carboxylic acids is 2. The number of hydrogen-bond acceptors (Lipinski definition) is 21. The highest BCUT2D eigenvalue weighted by Crippen LogP contribution is 2.50. The summed E-state index contributed by atoms with van der Waals surface area (Å²) < 4.78 is 78.5. The number of imidazole rings is 1.